The summed E-state index contributed by atoms with van der Waals surface area (Å²) in [5.41, 5.74) is 2.52. The van der Waals surface area contributed by atoms with Crippen molar-refractivity contribution in [2.75, 3.05) is 5.32 Å². The zero-order valence-electron chi connectivity index (χ0n) is 11.0. The number of benzene rings is 2. The van der Waals surface area contributed by atoms with Gasteiger partial charge in [0.15, 0.2) is 0 Å². The van der Waals surface area contributed by atoms with Crippen LogP contribution in [0.5, 0.6) is 0 Å². The van der Waals surface area contributed by atoms with E-state index in [1.54, 1.807) is 18.2 Å². The van der Waals surface area contributed by atoms with Crippen molar-refractivity contribution in [3.63, 3.8) is 0 Å². The van der Waals surface area contributed by atoms with Crippen LogP contribution in [0.2, 0.25) is 0 Å². The van der Waals surface area contributed by atoms with E-state index < -0.39 is 4.92 Å². The standard InChI is InChI=1S/C15H12BrFN2O2/c16-12-8-9(4-7-15(12)19(20)21)18-14-6-5-10-11(14)2-1-3-13(10)17/h1-4,7-8,14,18H,5-6H2. The van der Waals surface area contributed by atoms with Gasteiger partial charge in [-0.2, -0.15) is 0 Å². The average Bonchev–Trinajstić information content (AvgIpc) is 2.83. The molecule has 2 aromatic carbocycles. The van der Waals surface area contributed by atoms with Gasteiger partial charge in [0.05, 0.1) is 15.4 Å². The van der Waals surface area contributed by atoms with Crippen molar-refractivity contribution < 1.29 is 9.31 Å². The number of hydrogen-bond acceptors (Lipinski definition) is 3. The van der Waals surface area contributed by atoms with Crippen LogP contribution in [0.4, 0.5) is 15.8 Å². The minimum Gasteiger partial charge on any atom is -0.378 e. The molecule has 6 heteroatoms. The first-order valence-electron chi connectivity index (χ1n) is 6.54. The molecule has 1 aliphatic carbocycles. The lowest BCUT2D eigenvalue weighted by Gasteiger charge is -2.15. The maximum Gasteiger partial charge on any atom is 0.283 e. The van der Waals surface area contributed by atoms with Gasteiger partial charge in [-0.05, 0) is 58.1 Å². The number of halogens is 2. The lowest BCUT2D eigenvalue weighted by atomic mass is 10.1. The Morgan fingerprint density at radius 3 is 2.86 bits per heavy atom. The Labute approximate surface area is 129 Å². The normalized spacial score (nSPS) is 16.6. The molecule has 0 heterocycles. The van der Waals surface area contributed by atoms with Gasteiger partial charge in [-0.1, -0.05) is 12.1 Å². The molecular weight excluding hydrogens is 339 g/mol. The fourth-order valence-corrected chi connectivity index (χ4v) is 3.23. The highest BCUT2D eigenvalue weighted by molar-refractivity contribution is 9.10. The average molecular weight is 351 g/mol. The first kappa shape index (κ1) is 14.0. The predicted octanol–water partition coefficient (Wildman–Crippen LogP) is 4.60. The van der Waals surface area contributed by atoms with Crippen LogP contribution in [0, 0.1) is 15.9 Å². The third-order valence-corrected chi connectivity index (χ3v) is 4.33. The minimum absolute atomic E-state index is 0.0263. The number of nitro benzene ring substituents is 1. The summed E-state index contributed by atoms with van der Waals surface area (Å²) in [6.07, 6.45) is 1.51. The van der Waals surface area contributed by atoms with Crippen molar-refractivity contribution in [3.05, 3.63) is 67.9 Å². The van der Waals surface area contributed by atoms with Gasteiger partial charge in [-0.3, -0.25) is 10.1 Å². The summed E-state index contributed by atoms with van der Waals surface area (Å²) in [5, 5.41) is 14.1. The molecule has 1 unspecified atom stereocenters. The van der Waals surface area contributed by atoms with E-state index in [9.17, 15) is 14.5 Å². The molecule has 1 N–H and O–H groups in total. The largest absolute Gasteiger partial charge is 0.378 e. The molecule has 4 nitrogen and oxygen atoms in total. The van der Waals surface area contributed by atoms with E-state index in [1.807, 2.05) is 6.07 Å². The SMILES string of the molecule is O=[N+]([O-])c1ccc(NC2CCc3c(F)cccc32)cc1Br. The van der Waals surface area contributed by atoms with Crippen LogP contribution in [0.15, 0.2) is 40.9 Å². The highest BCUT2D eigenvalue weighted by Crippen LogP contribution is 2.36. The molecular formula is C15H12BrFN2O2. The molecule has 1 atom stereocenters. The summed E-state index contributed by atoms with van der Waals surface area (Å²) in [6, 6.07) is 9.93. The van der Waals surface area contributed by atoms with Gasteiger partial charge in [-0.25, -0.2) is 4.39 Å². The Balaban J connectivity index is 1.85. The highest BCUT2D eigenvalue weighted by atomic mass is 79.9. The Bertz CT molecular complexity index is 721. The number of hydrogen-bond donors (Lipinski definition) is 1. The van der Waals surface area contributed by atoms with Crippen molar-refractivity contribution >= 4 is 27.3 Å². The van der Waals surface area contributed by atoms with Crippen LogP contribution in [-0.4, -0.2) is 4.92 Å². The fraction of sp³-hybridized carbons (Fsp3) is 0.200. The second-order valence-corrected chi connectivity index (χ2v) is 5.82. The molecule has 0 spiro atoms. The third kappa shape index (κ3) is 2.63. The molecule has 3 rings (SSSR count). The van der Waals surface area contributed by atoms with Crippen molar-refractivity contribution in [2.24, 2.45) is 0 Å². The van der Waals surface area contributed by atoms with Crippen molar-refractivity contribution in [1.29, 1.82) is 0 Å². The van der Waals surface area contributed by atoms with Gasteiger partial charge in [0.2, 0.25) is 0 Å². The Morgan fingerprint density at radius 1 is 1.33 bits per heavy atom. The molecule has 0 saturated carbocycles. The molecule has 0 aliphatic heterocycles. The second-order valence-electron chi connectivity index (χ2n) is 4.97. The molecule has 0 aromatic heterocycles. The van der Waals surface area contributed by atoms with Crippen LogP contribution >= 0.6 is 15.9 Å². The molecule has 0 radical (unpaired) electrons. The van der Waals surface area contributed by atoms with E-state index in [0.29, 0.717) is 10.9 Å². The van der Waals surface area contributed by atoms with Crippen molar-refractivity contribution in [3.8, 4) is 0 Å². The van der Waals surface area contributed by atoms with E-state index in [-0.39, 0.29) is 17.5 Å². The summed E-state index contributed by atoms with van der Waals surface area (Å²) in [6.45, 7) is 0. The molecule has 0 fully saturated rings. The Kier molecular flexibility index (Phi) is 3.63. The van der Waals surface area contributed by atoms with E-state index >= 15 is 0 Å². The van der Waals surface area contributed by atoms with Crippen LogP contribution < -0.4 is 5.32 Å². The zero-order valence-corrected chi connectivity index (χ0v) is 12.6. The monoisotopic (exact) mass is 350 g/mol. The van der Waals surface area contributed by atoms with Crippen molar-refractivity contribution in [1.82, 2.24) is 0 Å². The van der Waals surface area contributed by atoms with E-state index in [1.165, 1.54) is 12.1 Å². The number of rotatable bonds is 3. The van der Waals surface area contributed by atoms with Gasteiger partial charge in [0.1, 0.15) is 5.82 Å². The lowest BCUT2D eigenvalue weighted by molar-refractivity contribution is -0.385. The molecule has 2 aromatic rings. The summed E-state index contributed by atoms with van der Waals surface area (Å²) in [4.78, 5) is 10.4. The van der Waals surface area contributed by atoms with E-state index in [2.05, 4.69) is 21.2 Å². The second kappa shape index (κ2) is 5.44. The maximum atomic E-state index is 13.7. The topological polar surface area (TPSA) is 55.2 Å². The number of nitro groups is 1. The molecule has 21 heavy (non-hydrogen) atoms. The quantitative estimate of drug-likeness (QED) is 0.650. The van der Waals surface area contributed by atoms with Crippen LogP contribution in [0.3, 0.4) is 0 Å². The smallest absolute Gasteiger partial charge is 0.283 e. The van der Waals surface area contributed by atoms with Crippen LogP contribution in [-0.2, 0) is 6.42 Å². The summed E-state index contributed by atoms with van der Waals surface area (Å²) < 4.78 is 14.1. The van der Waals surface area contributed by atoms with Gasteiger partial charge < -0.3 is 5.32 Å². The number of nitrogens with zero attached hydrogens (tertiary/aromatic N) is 1. The van der Waals surface area contributed by atoms with Gasteiger partial charge >= 0.3 is 0 Å². The van der Waals surface area contributed by atoms with Crippen LogP contribution in [0.25, 0.3) is 0 Å². The summed E-state index contributed by atoms with van der Waals surface area (Å²) in [7, 11) is 0. The number of nitrogens with one attached hydrogen (secondary N) is 1. The molecule has 1 aliphatic rings. The van der Waals surface area contributed by atoms with Crippen LogP contribution in [0.1, 0.15) is 23.6 Å². The van der Waals surface area contributed by atoms with E-state index in [0.717, 1.165) is 23.2 Å². The molecule has 0 bridgehead atoms. The fourth-order valence-electron chi connectivity index (χ4n) is 2.71. The predicted molar refractivity (Wildman–Crippen MR) is 81.9 cm³/mol. The van der Waals surface area contributed by atoms with Crippen molar-refractivity contribution in [2.45, 2.75) is 18.9 Å². The minimum atomic E-state index is -0.436. The molecule has 0 saturated heterocycles. The first-order valence-corrected chi connectivity index (χ1v) is 7.33. The molecule has 108 valence electrons. The Morgan fingerprint density at radius 2 is 2.14 bits per heavy atom. The van der Waals surface area contributed by atoms with E-state index in [4.69, 9.17) is 0 Å². The first-order chi connectivity index (χ1) is 10.1. The number of fused-ring (bicyclic) bond motifs is 1. The van der Waals surface area contributed by atoms with Gasteiger partial charge in [-0.15, -0.1) is 0 Å². The Hall–Kier alpha value is -1.95. The number of anilines is 1. The van der Waals surface area contributed by atoms with Gasteiger partial charge in [0.25, 0.3) is 5.69 Å². The third-order valence-electron chi connectivity index (χ3n) is 3.70. The highest BCUT2D eigenvalue weighted by Gasteiger charge is 2.25. The van der Waals surface area contributed by atoms with Gasteiger partial charge in [0, 0.05) is 11.8 Å². The maximum absolute atomic E-state index is 13.7. The lowest BCUT2D eigenvalue weighted by Crippen LogP contribution is -2.07. The summed E-state index contributed by atoms with van der Waals surface area (Å²) in [5.74, 6) is -0.165. The zero-order chi connectivity index (χ0) is 15.0. The molecule has 0 amide bonds. The summed E-state index contributed by atoms with van der Waals surface area (Å²) >= 11 is 3.20.